The molecule has 0 aromatic heterocycles. The van der Waals surface area contributed by atoms with Crippen LogP contribution in [0.5, 0.6) is 0 Å². The number of rotatable bonds is 5. The molecule has 0 saturated carbocycles. The monoisotopic (exact) mass is 275 g/mol. The van der Waals surface area contributed by atoms with Gasteiger partial charge < -0.3 is 9.64 Å². The minimum absolute atomic E-state index is 0.0172. The van der Waals surface area contributed by atoms with Gasteiger partial charge in [-0.2, -0.15) is 0 Å². The van der Waals surface area contributed by atoms with Crippen molar-refractivity contribution in [2.24, 2.45) is 5.92 Å². The van der Waals surface area contributed by atoms with Crippen LogP contribution in [-0.4, -0.2) is 29.9 Å². The Hall–Kier alpha value is -1.84. The maximum absolute atomic E-state index is 12.5. The lowest BCUT2D eigenvalue weighted by atomic mass is 10.0. The van der Waals surface area contributed by atoms with Crippen molar-refractivity contribution in [2.45, 2.75) is 33.2 Å². The second-order valence-electron chi connectivity index (χ2n) is 5.46. The Morgan fingerprint density at radius 3 is 2.70 bits per heavy atom. The molecule has 20 heavy (non-hydrogen) atoms. The molecule has 0 spiro atoms. The molecule has 108 valence electrons. The molecule has 1 aromatic rings. The van der Waals surface area contributed by atoms with Gasteiger partial charge in [-0.3, -0.25) is 9.59 Å². The van der Waals surface area contributed by atoms with Crippen LogP contribution in [-0.2, 0) is 9.53 Å². The van der Waals surface area contributed by atoms with Gasteiger partial charge in [-0.05, 0) is 24.5 Å². The normalized spacial score (nSPS) is 17.5. The van der Waals surface area contributed by atoms with Crippen molar-refractivity contribution in [3.05, 3.63) is 35.4 Å². The molecule has 4 heteroatoms. The highest BCUT2D eigenvalue weighted by atomic mass is 16.5. The Kier molecular flexibility index (Phi) is 4.42. The predicted molar refractivity (Wildman–Crippen MR) is 76.3 cm³/mol. The predicted octanol–water partition coefficient (Wildman–Crippen LogP) is 2.79. The van der Waals surface area contributed by atoms with Crippen LogP contribution in [0.3, 0.4) is 0 Å². The zero-order chi connectivity index (χ0) is 14.7. The van der Waals surface area contributed by atoms with Gasteiger partial charge in [-0.1, -0.05) is 32.0 Å². The fraction of sp³-hybridized carbons (Fsp3) is 0.500. The van der Waals surface area contributed by atoms with Crippen LogP contribution < -0.4 is 0 Å². The Morgan fingerprint density at radius 1 is 1.35 bits per heavy atom. The number of ether oxygens (including phenoxy) is 1. The molecular weight excluding hydrogens is 254 g/mol. The van der Waals surface area contributed by atoms with Gasteiger partial charge in [0.05, 0.1) is 19.1 Å². The van der Waals surface area contributed by atoms with Gasteiger partial charge in [0.2, 0.25) is 0 Å². The first-order valence-corrected chi connectivity index (χ1v) is 7.10. The van der Waals surface area contributed by atoms with Crippen LogP contribution in [0.1, 0.15) is 49.2 Å². The van der Waals surface area contributed by atoms with Crippen LogP contribution in [0.2, 0.25) is 0 Å². The number of hydrogen-bond acceptors (Lipinski definition) is 3. The van der Waals surface area contributed by atoms with E-state index in [4.69, 9.17) is 4.74 Å². The molecular formula is C16H21NO3. The molecule has 1 atom stereocenters. The van der Waals surface area contributed by atoms with E-state index in [2.05, 4.69) is 13.8 Å². The fourth-order valence-corrected chi connectivity index (χ4v) is 2.65. The van der Waals surface area contributed by atoms with Crippen molar-refractivity contribution in [1.29, 1.82) is 0 Å². The fourth-order valence-electron chi connectivity index (χ4n) is 2.65. The first-order chi connectivity index (χ1) is 9.54. The summed E-state index contributed by atoms with van der Waals surface area (Å²) in [6.07, 6.45) is 0.226. The highest BCUT2D eigenvalue weighted by Gasteiger charge is 2.37. The third-order valence-corrected chi connectivity index (χ3v) is 3.41. The summed E-state index contributed by atoms with van der Waals surface area (Å²) >= 11 is 0. The third kappa shape index (κ3) is 2.84. The maximum atomic E-state index is 12.5. The van der Waals surface area contributed by atoms with E-state index < -0.39 is 0 Å². The van der Waals surface area contributed by atoms with Crippen LogP contribution in [0.25, 0.3) is 0 Å². The van der Waals surface area contributed by atoms with Crippen molar-refractivity contribution in [3.63, 3.8) is 0 Å². The second-order valence-corrected chi connectivity index (χ2v) is 5.46. The van der Waals surface area contributed by atoms with Crippen LogP contribution in [0.4, 0.5) is 0 Å². The molecule has 1 aromatic carbocycles. The lowest BCUT2D eigenvalue weighted by Gasteiger charge is -2.26. The number of carbonyl (C=O) groups is 2. The van der Waals surface area contributed by atoms with Gasteiger partial charge in [0, 0.05) is 12.1 Å². The molecule has 0 fully saturated rings. The highest BCUT2D eigenvalue weighted by Crippen LogP contribution is 2.36. The molecule has 1 aliphatic rings. The minimum Gasteiger partial charge on any atom is -0.466 e. The summed E-state index contributed by atoms with van der Waals surface area (Å²) in [5, 5.41) is 0. The number of hydrogen-bond donors (Lipinski definition) is 0. The topological polar surface area (TPSA) is 46.6 Å². The van der Waals surface area contributed by atoms with Gasteiger partial charge in [0.1, 0.15) is 0 Å². The lowest BCUT2D eigenvalue weighted by molar-refractivity contribution is -0.144. The van der Waals surface area contributed by atoms with E-state index in [1.165, 1.54) is 0 Å². The summed E-state index contributed by atoms with van der Waals surface area (Å²) in [6, 6.07) is 7.33. The van der Waals surface area contributed by atoms with Gasteiger partial charge >= 0.3 is 5.97 Å². The van der Waals surface area contributed by atoms with Gasteiger partial charge in [0.25, 0.3) is 5.91 Å². The lowest BCUT2D eigenvalue weighted by Crippen LogP contribution is -2.33. The average molecular weight is 275 g/mol. The van der Waals surface area contributed by atoms with E-state index in [9.17, 15) is 9.59 Å². The number of benzene rings is 1. The number of fused-ring (bicyclic) bond motifs is 1. The Morgan fingerprint density at radius 2 is 2.05 bits per heavy atom. The first-order valence-electron chi connectivity index (χ1n) is 7.10. The van der Waals surface area contributed by atoms with Gasteiger partial charge in [0.15, 0.2) is 0 Å². The SMILES string of the molecule is CCOC(=O)CC1c2ccccc2C(=O)N1CC(C)C. The molecule has 1 unspecified atom stereocenters. The molecule has 2 rings (SSSR count). The van der Waals surface area contributed by atoms with Crippen molar-refractivity contribution in [3.8, 4) is 0 Å². The van der Waals surface area contributed by atoms with Crippen molar-refractivity contribution >= 4 is 11.9 Å². The second kappa shape index (κ2) is 6.07. The van der Waals surface area contributed by atoms with E-state index in [0.717, 1.165) is 5.56 Å². The average Bonchev–Trinajstić information content (AvgIpc) is 2.65. The molecule has 0 aliphatic carbocycles. The Labute approximate surface area is 119 Å². The molecule has 0 saturated heterocycles. The Balaban J connectivity index is 2.28. The number of nitrogens with zero attached hydrogens (tertiary/aromatic N) is 1. The highest BCUT2D eigenvalue weighted by molar-refractivity contribution is 5.99. The minimum atomic E-state index is -0.254. The van der Waals surface area contributed by atoms with E-state index in [1.807, 2.05) is 24.3 Å². The summed E-state index contributed by atoms with van der Waals surface area (Å²) in [5.74, 6) is 0.123. The van der Waals surface area contributed by atoms with Crippen molar-refractivity contribution < 1.29 is 14.3 Å². The quantitative estimate of drug-likeness (QED) is 0.776. The molecule has 1 aliphatic heterocycles. The smallest absolute Gasteiger partial charge is 0.308 e. The Bertz CT molecular complexity index is 510. The summed E-state index contributed by atoms with van der Waals surface area (Å²) in [4.78, 5) is 26.0. The zero-order valence-electron chi connectivity index (χ0n) is 12.3. The van der Waals surface area contributed by atoms with Crippen LogP contribution >= 0.6 is 0 Å². The number of esters is 1. The molecule has 4 nitrogen and oxygen atoms in total. The maximum Gasteiger partial charge on any atom is 0.308 e. The summed E-state index contributed by atoms with van der Waals surface area (Å²) in [7, 11) is 0. The third-order valence-electron chi connectivity index (χ3n) is 3.41. The summed E-state index contributed by atoms with van der Waals surface area (Å²) in [5.41, 5.74) is 1.65. The van der Waals surface area contributed by atoms with E-state index in [1.54, 1.807) is 11.8 Å². The van der Waals surface area contributed by atoms with Gasteiger partial charge in [-0.25, -0.2) is 0 Å². The molecule has 1 amide bonds. The van der Waals surface area contributed by atoms with E-state index >= 15 is 0 Å². The van der Waals surface area contributed by atoms with Gasteiger partial charge in [-0.15, -0.1) is 0 Å². The van der Waals surface area contributed by atoms with Crippen molar-refractivity contribution in [1.82, 2.24) is 4.90 Å². The molecule has 0 radical (unpaired) electrons. The zero-order valence-corrected chi connectivity index (χ0v) is 12.3. The molecule has 1 heterocycles. The molecule has 0 bridgehead atoms. The van der Waals surface area contributed by atoms with E-state index in [0.29, 0.717) is 24.6 Å². The summed E-state index contributed by atoms with van der Waals surface area (Å²) in [6.45, 7) is 6.94. The number of amides is 1. The van der Waals surface area contributed by atoms with Crippen molar-refractivity contribution in [2.75, 3.05) is 13.2 Å². The van der Waals surface area contributed by atoms with E-state index in [-0.39, 0.29) is 24.3 Å². The largest absolute Gasteiger partial charge is 0.466 e. The van der Waals surface area contributed by atoms with Crippen LogP contribution in [0.15, 0.2) is 24.3 Å². The summed E-state index contributed by atoms with van der Waals surface area (Å²) < 4.78 is 5.03. The standard InChI is InChI=1S/C16H21NO3/c1-4-20-15(18)9-14-12-7-5-6-8-13(12)16(19)17(14)10-11(2)3/h5-8,11,14H,4,9-10H2,1-3H3. The molecule has 0 N–H and O–H groups in total. The van der Waals surface area contributed by atoms with Crippen LogP contribution in [0, 0.1) is 5.92 Å². The first kappa shape index (κ1) is 14.6. The number of carbonyl (C=O) groups excluding carboxylic acids is 2.